The highest BCUT2D eigenvalue weighted by atomic mass is 19.4. The van der Waals surface area contributed by atoms with Crippen LogP contribution >= 0.6 is 0 Å². The van der Waals surface area contributed by atoms with Gasteiger partial charge >= 0.3 is 6.18 Å². The van der Waals surface area contributed by atoms with Crippen LogP contribution in [0.3, 0.4) is 0 Å². The zero-order valence-electron chi connectivity index (χ0n) is 18.8. The number of likely N-dealkylation sites (tertiary alicyclic amines) is 1. The smallest absolute Gasteiger partial charge is 0.382 e. The summed E-state index contributed by atoms with van der Waals surface area (Å²) in [7, 11) is 2.11. The van der Waals surface area contributed by atoms with Gasteiger partial charge in [0.2, 0.25) is 0 Å². The van der Waals surface area contributed by atoms with Gasteiger partial charge in [-0.3, -0.25) is 4.98 Å². The van der Waals surface area contributed by atoms with E-state index in [1.54, 1.807) is 18.3 Å². The molecule has 1 aliphatic heterocycles. The second kappa shape index (κ2) is 9.27. The lowest BCUT2D eigenvalue weighted by Gasteiger charge is -2.49. The third-order valence-electron chi connectivity index (χ3n) is 7.11. The van der Waals surface area contributed by atoms with Gasteiger partial charge in [-0.25, -0.2) is 0 Å². The lowest BCUT2D eigenvalue weighted by Crippen LogP contribution is -2.58. The maximum Gasteiger partial charge on any atom is 0.416 e. The Bertz CT molecular complexity index is 1110. The van der Waals surface area contributed by atoms with Gasteiger partial charge in [-0.05, 0) is 48.6 Å². The van der Waals surface area contributed by atoms with Crippen LogP contribution in [0.2, 0.25) is 0 Å². The number of para-hydroxylation sites is 1. The Labute approximate surface area is 192 Å². The Balaban J connectivity index is 1.67. The van der Waals surface area contributed by atoms with Gasteiger partial charge in [0.25, 0.3) is 0 Å². The largest absolute Gasteiger partial charge is 0.416 e. The van der Waals surface area contributed by atoms with Gasteiger partial charge in [0.1, 0.15) is 18.7 Å². The Morgan fingerprint density at radius 3 is 2.58 bits per heavy atom. The summed E-state index contributed by atoms with van der Waals surface area (Å²) in [6, 6.07) is 15.0. The first-order valence-electron chi connectivity index (χ1n) is 11.3. The molecule has 0 bridgehead atoms. The van der Waals surface area contributed by atoms with Gasteiger partial charge in [0, 0.05) is 23.6 Å². The summed E-state index contributed by atoms with van der Waals surface area (Å²) in [5.74, 6) is 0.425. The number of halogens is 3. The molecular formula is C27H30F3N2O+. The summed E-state index contributed by atoms with van der Waals surface area (Å²) in [6.07, 6.45) is 1.30. The molecular weight excluding hydrogens is 425 g/mol. The number of pyridine rings is 1. The maximum absolute atomic E-state index is 13.0. The van der Waals surface area contributed by atoms with Crippen LogP contribution in [-0.2, 0) is 12.7 Å². The molecule has 4 atom stereocenters. The first-order chi connectivity index (χ1) is 15.7. The molecule has 2 heterocycles. The number of nitrogens with zero attached hydrogens (tertiary/aromatic N) is 2. The van der Waals surface area contributed by atoms with Crippen molar-refractivity contribution >= 4 is 10.9 Å². The van der Waals surface area contributed by atoms with E-state index in [9.17, 15) is 18.3 Å². The van der Waals surface area contributed by atoms with E-state index in [4.69, 9.17) is 0 Å². The lowest BCUT2D eigenvalue weighted by molar-refractivity contribution is -0.956. The minimum Gasteiger partial charge on any atom is -0.382 e. The predicted octanol–water partition coefficient (Wildman–Crippen LogP) is 6.29. The Morgan fingerprint density at radius 2 is 1.88 bits per heavy atom. The number of quaternary nitrogens is 1. The summed E-state index contributed by atoms with van der Waals surface area (Å²) in [4.78, 5) is 4.42. The van der Waals surface area contributed by atoms with Crippen LogP contribution in [0.5, 0.6) is 0 Å². The predicted molar refractivity (Wildman–Crippen MR) is 124 cm³/mol. The van der Waals surface area contributed by atoms with Crippen molar-refractivity contribution in [3.63, 3.8) is 0 Å². The van der Waals surface area contributed by atoms with Crippen molar-refractivity contribution in [2.24, 2.45) is 5.92 Å². The molecule has 1 aromatic heterocycles. The Hall–Kier alpha value is -2.70. The van der Waals surface area contributed by atoms with E-state index in [-0.39, 0.29) is 6.04 Å². The van der Waals surface area contributed by atoms with E-state index >= 15 is 0 Å². The van der Waals surface area contributed by atoms with E-state index in [1.165, 1.54) is 0 Å². The number of allylic oxidation sites excluding steroid dienone is 1. The molecule has 1 aliphatic rings. The zero-order valence-corrected chi connectivity index (χ0v) is 18.8. The second-order valence-corrected chi connectivity index (χ2v) is 9.40. The van der Waals surface area contributed by atoms with Crippen molar-refractivity contribution in [2.75, 3.05) is 13.6 Å². The molecule has 3 nitrogen and oxygen atoms in total. The minimum atomic E-state index is -4.35. The van der Waals surface area contributed by atoms with Gasteiger partial charge in [-0.2, -0.15) is 13.2 Å². The topological polar surface area (TPSA) is 33.1 Å². The average Bonchev–Trinajstić information content (AvgIpc) is 2.79. The van der Waals surface area contributed by atoms with Crippen LogP contribution in [0, 0.1) is 5.92 Å². The quantitative estimate of drug-likeness (QED) is 0.350. The average molecular weight is 456 g/mol. The standard InChI is InChI=1S/C27H30F3N2O/c1-3-6-19-14-16-32(2,18-20-9-11-21(12-10-20)27(28,29)30)25(17-19)26(33)23-13-15-31-24-8-5-4-7-22(23)24/h3-5,7-13,15,19,25-26,33H,1,6,14,16-18H2,2H3/q+1/t19?,25?,26-,32?/m0/s1. The van der Waals surface area contributed by atoms with Crippen LogP contribution < -0.4 is 0 Å². The third-order valence-corrected chi connectivity index (χ3v) is 7.11. The zero-order chi connectivity index (χ0) is 23.6. The molecule has 0 spiro atoms. The van der Waals surface area contributed by atoms with Crippen molar-refractivity contribution in [3.05, 3.63) is 90.1 Å². The molecule has 174 valence electrons. The Morgan fingerprint density at radius 1 is 1.15 bits per heavy atom. The fourth-order valence-electron chi connectivity index (χ4n) is 5.27. The molecule has 0 amide bonds. The van der Waals surface area contributed by atoms with Gasteiger partial charge in [0.15, 0.2) is 0 Å². The van der Waals surface area contributed by atoms with Crippen LogP contribution in [-0.4, -0.2) is 34.2 Å². The normalized spacial score (nSPS) is 24.5. The maximum atomic E-state index is 13.0. The number of aromatic nitrogens is 1. The second-order valence-electron chi connectivity index (χ2n) is 9.40. The van der Waals surface area contributed by atoms with Gasteiger partial charge < -0.3 is 9.59 Å². The molecule has 6 heteroatoms. The summed E-state index contributed by atoms with van der Waals surface area (Å²) in [5, 5.41) is 12.6. The van der Waals surface area contributed by atoms with Crippen molar-refractivity contribution < 1.29 is 22.8 Å². The van der Waals surface area contributed by atoms with Crippen molar-refractivity contribution in [1.82, 2.24) is 4.98 Å². The number of hydrogen-bond acceptors (Lipinski definition) is 2. The Kier molecular flexibility index (Phi) is 6.59. The number of alkyl halides is 3. The molecule has 4 rings (SSSR count). The number of hydrogen-bond donors (Lipinski definition) is 1. The number of aliphatic hydroxyl groups is 1. The van der Waals surface area contributed by atoms with Crippen molar-refractivity contribution in [1.29, 1.82) is 0 Å². The molecule has 1 fully saturated rings. The lowest BCUT2D eigenvalue weighted by atomic mass is 9.81. The molecule has 0 saturated carbocycles. The number of rotatable bonds is 6. The SMILES string of the molecule is C=CCC1CC[N+](C)(Cc2ccc(C(F)(F)F)cc2)C([C@@H](O)c2ccnc3ccccc23)C1. The van der Waals surface area contributed by atoms with Crippen LogP contribution in [0.15, 0.2) is 73.4 Å². The number of likely N-dealkylation sites (N-methyl/N-ethyl adjacent to an activating group) is 1. The van der Waals surface area contributed by atoms with Gasteiger partial charge in [-0.15, -0.1) is 6.58 Å². The van der Waals surface area contributed by atoms with E-state index in [0.717, 1.165) is 60.0 Å². The summed E-state index contributed by atoms with van der Waals surface area (Å²) in [5.41, 5.74) is 1.88. The molecule has 0 aliphatic carbocycles. The fraction of sp³-hybridized carbons (Fsp3) is 0.370. The highest BCUT2D eigenvalue weighted by Crippen LogP contribution is 2.40. The van der Waals surface area contributed by atoms with E-state index in [2.05, 4.69) is 18.6 Å². The molecule has 1 saturated heterocycles. The third kappa shape index (κ3) is 4.97. The number of fused-ring (bicyclic) bond motifs is 1. The van der Waals surface area contributed by atoms with Crippen molar-refractivity contribution in [2.45, 2.75) is 44.1 Å². The molecule has 33 heavy (non-hydrogen) atoms. The number of benzene rings is 2. The summed E-state index contributed by atoms with van der Waals surface area (Å²) in [6.45, 7) is 5.28. The van der Waals surface area contributed by atoms with Crippen molar-refractivity contribution in [3.8, 4) is 0 Å². The highest BCUT2D eigenvalue weighted by Gasteiger charge is 2.44. The van der Waals surface area contributed by atoms with Gasteiger partial charge in [0.05, 0.1) is 24.7 Å². The monoisotopic (exact) mass is 455 g/mol. The molecule has 1 N–H and O–H groups in total. The van der Waals surface area contributed by atoms with Crippen LogP contribution in [0.4, 0.5) is 13.2 Å². The van der Waals surface area contributed by atoms with E-state index in [1.807, 2.05) is 36.4 Å². The summed E-state index contributed by atoms with van der Waals surface area (Å²) >= 11 is 0. The van der Waals surface area contributed by atoms with E-state index in [0.29, 0.717) is 16.9 Å². The van der Waals surface area contributed by atoms with E-state index < -0.39 is 17.8 Å². The van der Waals surface area contributed by atoms with Crippen LogP contribution in [0.1, 0.15) is 42.1 Å². The fourth-order valence-corrected chi connectivity index (χ4v) is 5.27. The number of piperidine rings is 1. The number of aliphatic hydroxyl groups excluding tert-OH is 1. The first-order valence-corrected chi connectivity index (χ1v) is 11.3. The van der Waals surface area contributed by atoms with Gasteiger partial charge in [-0.1, -0.05) is 36.4 Å². The first kappa shape index (κ1) is 23.5. The molecule has 0 radical (unpaired) electrons. The molecule has 2 aromatic carbocycles. The minimum absolute atomic E-state index is 0.100. The molecule has 3 aromatic rings. The summed E-state index contributed by atoms with van der Waals surface area (Å²) < 4.78 is 39.6. The highest BCUT2D eigenvalue weighted by molar-refractivity contribution is 5.82. The molecule has 3 unspecified atom stereocenters. The van der Waals surface area contributed by atoms with Crippen LogP contribution in [0.25, 0.3) is 10.9 Å².